The van der Waals surface area contributed by atoms with Crippen molar-refractivity contribution < 1.29 is 4.74 Å². The molecule has 6 nitrogen and oxygen atoms in total. The number of likely N-dealkylation sites (N-methyl/N-ethyl adjacent to an activating group) is 1. The summed E-state index contributed by atoms with van der Waals surface area (Å²) < 4.78 is 5.51. The molecule has 0 radical (unpaired) electrons. The molecule has 2 atom stereocenters. The van der Waals surface area contributed by atoms with Crippen LogP contribution in [0.4, 0.5) is 0 Å². The second-order valence-corrected chi connectivity index (χ2v) is 7.62. The van der Waals surface area contributed by atoms with E-state index in [2.05, 4.69) is 71.4 Å². The molecule has 2 saturated heterocycles. The molecule has 0 amide bonds. The molecule has 0 spiro atoms. The number of guanidine groups is 1. The number of hydrogen-bond donors (Lipinski definition) is 1. The predicted octanol–water partition coefficient (Wildman–Crippen LogP) is 2.28. The van der Waals surface area contributed by atoms with Gasteiger partial charge in [-0.3, -0.25) is 9.89 Å². The molecule has 3 rings (SSSR count). The molecule has 0 aliphatic carbocycles. The van der Waals surface area contributed by atoms with Crippen molar-refractivity contribution >= 4 is 29.9 Å². The van der Waals surface area contributed by atoms with Crippen molar-refractivity contribution in [3.8, 4) is 0 Å². The van der Waals surface area contributed by atoms with Crippen LogP contribution in [0.25, 0.3) is 0 Å². The lowest BCUT2D eigenvalue weighted by atomic mass is 10.1. The first-order valence-corrected chi connectivity index (χ1v) is 10.3. The zero-order valence-corrected chi connectivity index (χ0v) is 19.8. The van der Waals surface area contributed by atoms with Crippen molar-refractivity contribution in [2.45, 2.75) is 25.4 Å². The highest BCUT2D eigenvalue weighted by molar-refractivity contribution is 14.0. The molecule has 2 aliphatic rings. The second-order valence-electron chi connectivity index (χ2n) is 7.62. The van der Waals surface area contributed by atoms with E-state index in [0.717, 1.165) is 58.4 Å². The van der Waals surface area contributed by atoms with E-state index in [9.17, 15) is 0 Å². The minimum atomic E-state index is 0. The number of benzene rings is 1. The molecule has 1 N–H and O–H groups in total. The quantitative estimate of drug-likeness (QED) is 0.368. The molecule has 7 heteroatoms. The van der Waals surface area contributed by atoms with Gasteiger partial charge in [-0.05, 0) is 33.0 Å². The summed E-state index contributed by atoms with van der Waals surface area (Å²) in [6.07, 6.45) is 1.21. The molecule has 0 bridgehead atoms. The Labute approximate surface area is 187 Å². The first-order chi connectivity index (χ1) is 13.2. The Balaban J connectivity index is 0.00000280. The molecule has 28 heavy (non-hydrogen) atoms. The molecular weight excluding hydrogens is 465 g/mol. The smallest absolute Gasteiger partial charge is 0.194 e. The maximum atomic E-state index is 5.51. The van der Waals surface area contributed by atoms with Crippen molar-refractivity contribution in [2.24, 2.45) is 4.99 Å². The van der Waals surface area contributed by atoms with Crippen molar-refractivity contribution in [1.29, 1.82) is 0 Å². The van der Waals surface area contributed by atoms with E-state index < -0.39 is 0 Å². The van der Waals surface area contributed by atoms with E-state index >= 15 is 0 Å². The summed E-state index contributed by atoms with van der Waals surface area (Å²) in [7, 11) is 4.26. The van der Waals surface area contributed by atoms with Gasteiger partial charge in [-0.1, -0.05) is 30.3 Å². The van der Waals surface area contributed by atoms with Gasteiger partial charge in [-0.25, -0.2) is 0 Å². The minimum absolute atomic E-state index is 0. The molecule has 2 aliphatic heterocycles. The van der Waals surface area contributed by atoms with Crippen molar-refractivity contribution in [2.75, 3.05) is 66.6 Å². The Kier molecular flexibility index (Phi) is 9.98. The van der Waals surface area contributed by atoms with E-state index in [1.807, 2.05) is 0 Å². The van der Waals surface area contributed by atoms with Crippen molar-refractivity contribution in [3.05, 3.63) is 35.9 Å². The van der Waals surface area contributed by atoms with Crippen LogP contribution >= 0.6 is 24.0 Å². The summed E-state index contributed by atoms with van der Waals surface area (Å²) in [6.45, 7) is 9.79. The summed E-state index contributed by atoms with van der Waals surface area (Å²) in [4.78, 5) is 12.3. The number of ether oxygens (including phenoxy) is 1. The monoisotopic (exact) mass is 501 g/mol. The highest BCUT2D eigenvalue weighted by atomic mass is 127. The van der Waals surface area contributed by atoms with E-state index in [0.29, 0.717) is 6.04 Å². The van der Waals surface area contributed by atoms with Crippen molar-refractivity contribution in [3.63, 3.8) is 0 Å². The van der Waals surface area contributed by atoms with Crippen LogP contribution in [0.2, 0.25) is 0 Å². The minimum Gasteiger partial charge on any atom is -0.379 e. The Morgan fingerprint density at radius 1 is 1.21 bits per heavy atom. The predicted molar refractivity (Wildman–Crippen MR) is 127 cm³/mol. The molecule has 2 fully saturated rings. The SMILES string of the molecule is CCNC(=NCC(c1ccccc1)N(C)C)N1CCC(N2CCOCC2)C1.I. The fourth-order valence-electron chi connectivity index (χ4n) is 4.02. The van der Waals surface area contributed by atoms with Crippen LogP contribution in [-0.4, -0.2) is 93.3 Å². The number of halogens is 1. The summed E-state index contributed by atoms with van der Waals surface area (Å²) in [5.74, 6) is 1.05. The highest BCUT2D eigenvalue weighted by Gasteiger charge is 2.30. The Morgan fingerprint density at radius 2 is 1.93 bits per heavy atom. The van der Waals surface area contributed by atoms with Crippen LogP contribution in [0.15, 0.2) is 35.3 Å². The van der Waals surface area contributed by atoms with Crippen LogP contribution < -0.4 is 5.32 Å². The average molecular weight is 501 g/mol. The second kappa shape index (κ2) is 11.9. The Morgan fingerprint density at radius 3 is 2.57 bits per heavy atom. The van der Waals surface area contributed by atoms with Gasteiger partial charge < -0.3 is 19.9 Å². The van der Waals surface area contributed by atoms with Gasteiger partial charge >= 0.3 is 0 Å². The van der Waals surface area contributed by atoms with Gasteiger partial charge in [-0.15, -0.1) is 24.0 Å². The molecule has 1 aromatic rings. The lowest BCUT2D eigenvalue weighted by Gasteiger charge is -2.32. The highest BCUT2D eigenvalue weighted by Crippen LogP contribution is 2.20. The summed E-state index contributed by atoms with van der Waals surface area (Å²) >= 11 is 0. The summed E-state index contributed by atoms with van der Waals surface area (Å²) in [5, 5.41) is 3.51. The lowest BCUT2D eigenvalue weighted by molar-refractivity contribution is 0.0195. The van der Waals surface area contributed by atoms with Gasteiger partial charge in [-0.2, -0.15) is 0 Å². The first-order valence-electron chi connectivity index (χ1n) is 10.3. The topological polar surface area (TPSA) is 43.3 Å². The standard InChI is InChI=1S/C21H35N5O.HI/c1-4-22-21(23-16-20(24(2)3)18-8-6-5-7-9-18)26-11-10-19(17-26)25-12-14-27-15-13-25;/h5-9,19-20H,4,10-17H2,1-3H3,(H,22,23);1H. The van der Waals surface area contributed by atoms with Crippen LogP contribution in [0, 0.1) is 0 Å². The van der Waals surface area contributed by atoms with E-state index in [-0.39, 0.29) is 30.0 Å². The van der Waals surface area contributed by atoms with Gasteiger partial charge in [0.2, 0.25) is 0 Å². The zero-order chi connectivity index (χ0) is 19.1. The number of hydrogen-bond acceptors (Lipinski definition) is 4. The average Bonchev–Trinajstić information content (AvgIpc) is 3.19. The summed E-state index contributed by atoms with van der Waals surface area (Å²) in [6, 6.07) is 11.6. The number of nitrogens with one attached hydrogen (secondary N) is 1. The van der Waals surface area contributed by atoms with E-state index in [4.69, 9.17) is 9.73 Å². The molecule has 1 aromatic carbocycles. The van der Waals surface area contributed by atoms with Crippen LogP contribution in [0.3, 0.4) is 0 Å². The molecule has 0 aromatic heterocycles. The van der Waals surface area contributed by atoms with Gasteiger partial charge in [0.15, 0.2) is 5.96 Å². The number of aliphatic imine (C=N–C) groups is 1. The third-order valence-electron chi connectivity index (χ3n) is 5.58. The fourth-order valence-corrected chi connectivity index (χ4v) is 4.02. The normalized spacial score (nSPS) is 22.2. The number of likely N-dealkylation sites (tertiary alicyclic amines) is 1. The van der Waals surface area contributed by atoms with E-state index in [1.54, 1.807) is 0 Å². The summed E-state index contributed by atoms with van der Waals surface area (Å²) in [5.41, 5.74) is 1.31. The number of rotatable bonds is 6. The third kappa shape index (κ3) is 6.30. The van der Waals surface area contributed by atoms with Gasteiger partial charge in [0, 0.05) is 38.8 Å². The molecule has 2 unspecified atom stereocenters. The molecule has 0 saturated carbocycles. The van der Waals surface area contributed by atoms with Crippen LogP contribution in [0.5, 0.6) is 0 Å². The maximum Gasteiger partial charge on any atom is 0.194 e. The van der Waals surface area contributed by atoms with Crippen molar-refractivity contribution in [1.82, 2.24) is 20.0 Å². The maximum absolute atomic E-state index is 5.51. The first kappa shape index (κ1) is 23.4. The van der Waals surface area contributed by atoms with Gasteiger partial charge in [0.25, 0.3) is 0 Å². The lowest BCUT2D eigenvalue weighted by Crippen LogP contribution is -2.46. The molecular formula is C21H36IN5O. The van der Waals surface area contributed by atoms with Crippen LogP contribution in [-0.2, 0) is 4.74 Å². The van der Waals surface area contributed by atoms with Crippen LogP contribution in [0.1, 0.15) is 24.9 Å². The third-order valence-corrected chi connectivity index (χ3v) is 5.58. The van der Waals surface area contributed by atoms with Gasteiger partial charge in [0.05, 0.1) is 25.8 Å². The fraction of sp³-hybridized carbons (Fsp3) is 0.667. The number of nitrogens with zero attached hydrogens (tertiary/aromatic N) is 4. The Hall–Kier alpha value is -0.900. The molecule has 158 valence electrons. The van der Waals surface area contributed by atoms with Gasteiger partial charge in [0.1, 0.15) is 0 Å². The van der Waals surface area contributed by atoms with E-state index in [1.165, 1.54) is 12.0 Å². The Bertz CT molecular complexity index is 592. The largest absolute Gasteiger partial charge is 0.379 e. The zero-order valence-electron chi connectivity index (χ0n) is 17.5. The molecule has 2 heterocycles. The number of morpholine rings is 1.